The number of methoxy groups -OCH3 is 1. The van der Waals surface area contributed by atoms with Gasteiger partial charge in [0.05, 0.1) is 23.5 Å². The number of unbranched alkanes of at least 4 members (excludes halogenated alkanes) is 1. The molecule has 0 radical (unpaired) electrons. The lowest BCUT2D eigenvalue weighted by atomic mass is 10.1. The molecule has 0 bridgehead atoms. The second-order valence-electron chi connectivity index (χ2n) is 7.46. The van der Waals surface area contributed by atoms with Crippen LogP contribution >= 0.6 is 0 Å². The molecule has 0 unspecified atom stereocenters. The van der Waals surface area contributed by atoms with Gasteiger partial charge in [-0.3, -0.25) is 4.79 Å². The molecule has 0 atom stereocenters. The SMILES string of the molecule is COc1cccc2c(=O)c3ccccc3n(CCCCN3CCCCC3)c12. The minimum atomic E-state index is 0.0871. The summed E-state index contributed by atoms with van der Waals surface area (Å²) in [6.45, 7) is 4.56. The van der Waals surface area contributed by atoms with Crippen LogP contribution in [0.15, 0.2) is 47.3 Å². The summed E-state index contributed by atoms with van der Waals surface area (Å²) < 4.78 is 7.88. The molecule has 4 rings (SSSR count). The van der Waals surface area contributed by atoms with Crippen LogP contribution < -0.4 is 10.2 Å². The first-order valence-corrected chi connectivity index (χ1v) is 10.1. The number of fused-ring (bicyclic) bond motifs is 2. The van der Waals surface area contributed by atoms with Crippen molar-refractivity contribution >= 4 is 21.8 Å². The highest BCUT2D eigenvalue weighted by Crippen LogP contribution is 2.27. The van der Waals surface area contributed by atoms with Crippen molar-refractivity contribution in [1.82, 2.24) is 9.47 Å². The summed E-state index contributed by atoms with van der Waals surface area (Å²) in [5.74, 6) is 0.770. The van der Waals surface area contributed by atoms with Crippen LogP contribution in [0.1, 0.15) is 32.1 Å². The molecule has 1 aliphatic heterocycles. The topological polar surface area (TPSA) is 34.5 Å². The van der Waals surface area contributed by atoms with Crippen LogP contribution in [-0.4, -0.2) is 36.2 Å². The standard InChI is InChI=1S/C23H28N2O2/c1-27-21-13-9-11-19-22(21)25(20-12-4-3-10-18(20)23(19)26)17-8-7-16-24-14-5-2-6-15-24/h3-4,9-13H,2,5-8,14-17H2,1H3. The zero-order chi connectivity index (χ0) is 18.6. The minimum absolute atomic E-state index is 0.0871. The van der Waals surface area contributed by atoms with E-state index in [1.807, 2.05) is 42.5 Å². The summed E-state index contributed by atoms with van der Waals surface area (Å²) in [7, 11) is 1.68. The lowest BCUT2D eigenvalue weighted by molar-refractivity contribution is 0.224. The van der Waals surface area contributed by atoms with Gasteiger partial charge in [-0.15, -0.1) is 0 Å². The van der Waals surface area contributed by atoms with E-state index in [-0.39, 0.29) is 5.43 Å². The van der Waals surface area contributed by atoms with Crippen molar-refractivity contribution in [1.29, 1.82) is 0 Å². The number of nitrogens with zero attached hydrogens (tertiary/aromatic N) is 2. The fraction of sp³-hybridized carbons (Fsp3) is 0.435. The van der Waals surface area contributed by atoms with Gasteiger partial charge in [-0.25, -0.2) is 0 Å². The lowest BCUT2D eigenvalue weighted by Crippen LogP contribution is -2.30. The Bertz CT molecular complexity index is 987. The number of benzene rings is 2. The molecular formula is C23H28N2O2. The summed E-state index contributed by atoms with van der Waals surface area (Å²) in [6, 6.07) is 13.7. The summed E-state index contributed by atoms with van der Waals surface area (Å²) in [4.78, 5) is 15.6. The fourth-order valence-corrected chi connectivity index (χ4v) is 4.34. The normalized spacial score (nSPS) is 15.4. The Kier molecular flexibility index (Phi) is 5.44. The van der Waals surface area contributed by atoms with E-state index in [1.54, 1.807) is 7.11 Å². The molecule has 2 heterocycles. The third-order valence-electron chi connectivity index (χ3n) is 5.73. The van der Waals surface area contributed by atoms with Crippen LogP contribution in [0, 0.1) is 0 Å². The van der Waals surface area contributed by atoms with E-state index >= 15 is 0 Å². The number of rotatable bonds is 6. The van der Waals surface area contributed by atoms with Crippen LogP contribution in [0.2, 0.25) is 0 Å². The Morgan fingerprint density at radius 3 is 2.44 bits per heavy atom. The Labute approximate surface area is 160 Å². The van der Waals surface area contributed by atoms with Crippen molar-refractivity contribution in [2.75, 3.05) is 26.7 Å². The Hall–Kier alpha value is -2.33. The molecule has 2 aromatic carbocycles. The molecule has 0 spiro atoms. The summed E-state index contributed by atoms with van der Waals surface area (Å²) >= 11 is 0. The predicted molar refractivity (Wildman–Crippen MR) is 112 cm³/mol. The third kappa shape index (κ3) is 3.59. The van der Waals surface area contributed by atoms with Crippen LogP contribution in [0.25, 0.3) is 21.8 Å². The molecule has 27 heavy (non-hydrogen) atoms. The molecule has 0 saturated carbocycles. The number of aromatic nitrogens is 1. The highest BCUT2D eigenvalue weighted by Gasteiger charge is 2.14. The number of hydrogen-bond donors (Lipinski definition) is 0. The fourth-order valence-electron chi connectivity index (χ4n) is 4.34. The van der Waals surface area contributed by atoms with E-state index in [2.05, 4.69) is 9.47 Å². The van der Waals surface area contributed by atoms with Gasteiger partial charge in [-0.2, -0.15) is 0 Å². The van der Waals surface area contributed by atoms with Gasteiger partial charge in [0, 0.05) is 11.9 Å². The molecule has 1 aromatic heterocycles. The van der Waals surface area contributed by atoms with Gasteiger partial charge in [-0.05, 0) is 69.6 Å². The zero-order valence-electron chi connectivity index (χ0n) is 16.1. The van der Waals surface area contributed by atoms with Gasteiger partial charge in [0.15, 0.2) is 5.43 Å². The van der Waals surface area contributed by atoms with Crippen molar-refractivity contribution in [2.24, 2.45) is 0 Å². The first-order valence-electron chi connectivity index (χ1n) is 10.1. The highest BCUT2D eigenvalue weighted by molar-refractivity contribution is 5.96. The first-order chi connectivity index (χ1) is 13.3. The van der Waals surface area contributed by atoms with E-state index in [9.17, 15) is 4.79 Å². The van der Waals surface area contributed by atoms with E-state index in [1.165, 1.54) is 45.3 Å². The number of hydrogen-bond acceptors (Lipinski definition) is 3. The average molecular weight is 364 g/mol. The summed E-state index contributed by atoms with van der Waals surface area (Å²) in [5.41, 5.74) is 2.00. The molecule has 1 aliphatic rings. The molecule has 3 aromatic rings. The van der Waals surface area contributed by atoms with Gasteiger partial charge in [0.1, 0.15) is 5.75 Å². The quantitative estimate of drug-likeness (QED) is 0.479. The van der Waals surface area contributed by atoms with Gasteiger partial charge in [0.2, 0.25) is 0 Å². The second kappa shape index (κ2) is 8.13. The summed E-state index contributed by atoms with van der Waals surface area (Å²) in [6.07, 6.45) is 6.33. The van der Waals surface area contributed by atoms with Crippen LogP contribution in [0.4, 0.5) is 0 Å². The van der Waals surface area contributed by atoms with Crippen molar-refractivity contribution in [3.63, 3.8) is 0 Å². The van der Waals surface area contributed by atoms with Gasteiger partial charge in [-0.1, -0.05) is 24.6 Å². The Morgan fingerprint density at radius 2 is 1.63 bits per heavy atom. The molecule has 0 aliphatic carbocycles. The van der Waals surface area contributed by atoms with Crippen LogP contribution in [0.3, 0.4) is 0 Å². The van der Waals surface area contributed by atoms with Crippen molar-refractivity contribution in [3.05, 3.63) is 52.7 Å². The molecule has 1 fully saturated rings. The van der Waals surface area contributed by atoms with E-state index < -0.39 is 0 Å². The zero-order valence-corrected chi connectivity index (χ0v) is 16.1. The van der Waals surface area contributed by atoms with Crippen molar-refractivity contribution in [3.8, 4) is 5.75 Å². The molecule has 4 heteroatoms. The minimum Gasteiger partial charge on any atom is -0.495 e. The van der Waals surface area contributed by atoms with E-state index in [0.29, 0.717) is 0 Å². The Morgan fingerprint density at radius 1 is 0.889 bits per heavy atom. The van der Waals surface area contributed by atoms with Crippen LogP contribution in [0.5, 0.6) is 5.75 Å². The maximum Gasteiger partial charge on any atom is 0.197 e. The Balaban J connectivity index is 1.66. The number of ether oxygens (including phenoxy) is 1. The van der Waals surface area contributed by atoms with Gasteiger partial charge < -0.3 is 14.2 Å². The number of para-hydroxylation sites is 2. The molecule has 4 nitrogen and oxygen atoms in total. The second-order valence-corrected chi connectivity index (χ2v) is 7.46. The third-order valence-corrected chi connectivity index (χ3v) is 5.73. The van der Waals surface area contributed by atoms with Gasteiger partial charge >= 0.3 is 0 Å². The predicted octanol–water partition coefficient (Wildman–Crippen LogP) is 4.43. The molecular weight excluding hydrogens is 336 g/mol. The average Bonchev–Trinajstić information content (AvgIpc) is 2.73. The van der Waals surface area contributed by atoms with Crippen LogP contribution in [-0.2, 0) is 6.54 Å². The maximum absolute atomic E-state index is 13.0. The number of aryl methyl sites for hydroxylation is 1. The molecule has 142 valence electrons. The largest absolute Gasteiger partial charge is 0.495 e. The monoisotopic (exact) mass is 364 g/mol. The molecule has 0 amide bonds. The van der Waals surface area contributed by atoms with Crippen molar-refractivity contribution in [2.45, 2.75) is 38.6 Å². The smallest absolute Gasteiger partial charge is 0.197 e. The number of piperidine rings is 1. The summed E-state index contributed by atoms with van der Waals surface area (Å²) in [5, 5.41) is 1.53. The lowest BCUT2D eigenvalue weighted by Gasteiger charge is -2.26. The van der Waals surface area contributed by atoms with E-state index in [0.717, 1.165) is 40.5 Å². The number of likely N-dealkylation sites (tertiary alicyclic amines) is 1. The molecule has 0 N–H and O–H groups in total. The van der Waals surface area contributed by atoms with Crippen molar-refractivity contribution < 1.29 is 4.74 Å². The number of pyridine rings is 1. The maximum atomic E-state index is 13.0. The first kappa shape index (κ1) is 18.1. The van der Waals surface area contributed by atoms with Gasteiger partial charge in [0.25, 0.3) is 0 Å². The highest BCUT2D eigenvalue weighted by atomic mass is 16.5. The van der Waals surface area contributed by atoms with E-state index in [4.69, 9.17) is 4.74 Å². The molecule has 1 saturated heterocycles.